The highest BCUT2D eigenvalue weighted by Crippen LogP contribution is 2.21. The van der Waals surface area contributed by atoms with Gasteiger partial charge >= 0.3 is 0 Å². The number of benzene rings is 1. The van der Waals surface area contributed by atoms with E-state index in [9.17, 15) is 9.59 Å². The van der Waals surface area contributed by atoms with Crippen LogP contribution in [0.5, 0.6) is 0 Å². The van der Waals surface area contributed by atoms with E-state index < -0.39 is 11.8 Å². The van der Waals surface area contributed by atoms with Gasteiger partial charge in [0, 0.05) is 12.1 Å². The lowest BCUT2D eigenvalue weighted by Gasteiger charge is -2.06. The lowest BCUT2D eigenvalue weighted by atomic mass is 10.2. The van der Waals surface area contributed by atoms with Gasteiger partial charge in [0.2, 0.25) is 5.91 Å². The first-order valence-electron chi connectivity index (χ1n) is 5.86. The van der Waals surface area contributed by atoms with Crippen LogP contribution in [0.15, 0.2) is 29.0 Å². The SMILES string of the molecule is CCc1ocnc1C(=O)Nc1ccc(Cl)c(C(N)=O)c1. The minimum absolute atomic E-state index is 0.139. The van der Waals surface area contributed by atoms with Crippen LogP contribution in [0.1, 0.15) is 33.5 Å². The van der Waals surface area contributed by atoms with E-state index in [0.717, 1.165) is 0 Å². The highest BCUT2D eigenvalue weighted by Gasteiger charge is 2.16. The molecule has 2 amide bonds. The maximum Gasteiger partial charge on any atom is 0.277 e. The molecule has 20 heavy (non-hydrogen) atoms. The molecular weight excluding hydrogens is 282 g/mol. The fourth-order valence-corrected chi connectivity index (χ4v) is 1.90. The second kappa shape index (κ2) is 5.75. The summed E-state index contributed by atoms with van der Waals surface area (Å²) < 4.78 is 5.09. The van der Waals surface area contributed by atoms with Gasteiger partial charge in [-0.1, -0.05) is 18.5 Å². The van der Waals surface area contributed by atoms with Crippen LogP contribution in [0.3, 0.4) is 0 Å². The summed E-state index contributed by atoms with van der Waals surface area (Å²) in [6.45, 7) is 1.85. The molecule has 3 N–H and O–H groups in total. The van der Waals surface area contributed by atoms with Crippen molar-refractivity contribution in [3.05, 3.63) is 46.6 Å². The van der Waals surface area contributed by atoms with Gasteiger partial charge in [-0.15, -0.1) is 0 Å². The van der Waals surface area contributed by atoms with Gasteiger partial charge in [-0.3, -0.25) is 9.59 Å². The Morgan fingerprint density at radius 2 is 2.20 bits per heavy atom. The smallest absolute Gasteiger partial charge is 0.277 e. The largest absolute Gasteiger partial charge is 0.448 e. The lowest BCUT2D eigenvalue weighted by Crippen LogP contribution is -2.16. The van der Waals surface area contributed by atoms with Crippen LogP contribution in [0.2, 0.25) is 5.02 Å². The number of oxazole rings is 1. The normalized spacial score (nSPS) is 10.3. The van der Waals surface area contributed by atoms with Crippen molar-refractivity contribution in [3.8, 4) is 0 Å². The van der Waals surface area contributed by atoms with E-state index in [2.05, 4.69) is 10.3 Å². The van der Waals surface area contributed by atoms with Gasteiger partial charge in [-0.25, -0.2) is 4.98 Å². The molecule has 0 saturated carbocycles. The fraction of sp³-hybridized carbons (Fsp3) is 0.154. The number of hydrogen-bond acceptors (Lipinski definition) is 4. The molecule has 104 valence electrons. The molecule has 0 radical (unpaired) electrons. The zero-order valence-electron chi connectivity index (χ0n) is 10.6. The minimum Gasteiger partial charge on any atom is -0.448 e. The zero-order valence-corrected chi connectivity index (χ0v) is 11.4. The van der Waals surface area contributed by atoms with Crippen LogP contribution >= 0.6 is 11.6 Å². The Kier molecular flexibility index (Phi) is 4.05. The molecule has 2 aromatic rings. The summed E-state index contributed by atoms with van der Waals surface area (Å²) in [5, 5.41) is 2.84. The predicted molar refractivity (Wildman–Crippen MR) is 73.8 cm³/mol. The Morgan fingerprint density at radius 1 is 1.45 bits per heavy atom. The summed E-state index contributed by atoms with van der Waals surface area (Å²) in [4.78, 5) is 27.1. The monoisotopic (exact) mass is 293 g/mol. The highest BCUT2D eigenvalue weighted by molar-refractivity contribution is 6.34. The fourth-order valence-electron chi connectivity index (χ4n) is 1.69. The number of hydrogen-bond donors (Lipinski definition) is 2. The molecule has 0 aliphatic rings. The van der Waals surface area contributed by atoms with Crippen LogP contribution in [-0.2, 0) is 6.42 Å². The third-order valence-corrected chi connectivity index (χ3v) is 3.00. The summed E-state index contributed by atoms with van der Waals surface area (Å²) in [5.74, 6) is -0.596. The number of carbonyl (C=O) groups is 2. The molecule has 0 aliphatic carbocycles. The number of carbonyl (C=O) groups excluding carboxylic acids is 2. The number of nitrogens with one attached hydrogen (secondary N) is 1. The number of amides is 2. The van der Waals surface area contributed by atoms with Crippen molar-refractivity contribution < 1.29 is 14.0 Å². The molecule has 7 heteroatoms. The van der Waals surface area contributed by atoms with E-state index in [4.69, 9.17) is 21.8 Å². The maximum absolute atomic E-state index is 12.0. The molecule has 1 heterocycles. The van der Waals surface area contributed by atoms with Crippen molar-refractivity contribution in [2.75, 3.05) is 5.32 Å². The Balaban J connectivity index is 2.24. The Morgan fingerprint density at radius 3 is 2.85 bits per heavy atom. The van der Waals surface area contributed by atoms with Crippen LogP contribution in [0.25, 0.3) is 0 Å². The number of nitrogens with two attached hydrogens (primary N) is 1. The van der Waals surface area contributed by atoms with Crippen molar-refractivity contribution in [1.29, 1.82) is 0 Å². The number of nitrogens with zero attached hydrogens (tertiary/aromatic N) is 1. The third kappa shape index (κ3) is 2.80. The van der Waals surface area contributed by atoms with Crippen LogP contribution in [-0.4, -0.2) is 16.8 Å². The molecule has 2 rings (SSSR count). The summed E-state index contributed by atoms with van der Waals surface area (Å²) >= 11 is 5.83. The molecule has 0 spiro atoms. The first kappa shape index (κ1) is 14.1. The predicted octanol–water partition coefficient (Wildman–Crippen LogP) is 2.24. The molecule has 1 aromatic heterocycles. The van der Waals surface area contributed by atoms with Gasteiger partial charge in [0.1, 0.15) is 5.76 Å². The minimum atomic E-state index is -0.665. The van der Waals surface area contributed by atoms with E-state index in [1.54, 1.807) is 6.07 Å². The van der Waals surface area contributed by atoms with Gasteiger partial charge < -0.3 is 15.5 Å². The molecule has 0 aliphatic heterocycles. The number of halogens is 1. The van der Waals surface area contributed by atoms with Crippen LogP contribution in [0, 0.1) is 0 Å². The first-order chi connectivity index (χ1) is 9.52. The quantitative estimate of drug-likeness (QED) is 0.903. The van der Waals surface area contributed by atoms with E-state index in [0.29, 0.717) is 17.9 Å². The first-order valence-corrected chi connectivity index (χ1v) is 6.23. The number of anilines is 1. The maximum atomic E-state index is 12.0. The van der Waals surface area contributed by atoms with Crippen molar-refractivity contribution in [3.63, 3.8) is 0 Å². The topological polar surface area (TPSA) is 98.2 Å². The van der Waals surface area contributed by atoms with Crippen molar-refractivity contribution >= 4 is 29.1 Å². The molecule has 0 atom stereocenters. The number of rotatable bonds is 4. The highest BCUT2D eigenvalue weighted by atomic mass is 35.5. The van der Waals surface area contributed by atoms with Crippen LogP contribution in [0.4, 0.5) is 5.69 Å². The lowest BCUT2D eigenvalue weighted by molar-refractivity contribution is 0.0995. The summed E-state index contributed by atoms with van der Waals surface area (Å²) in [6, 6.07) is 4.47. The van der Waals surface area contributed by atoms with Crippen molar-refractivity contribution in [2.24, 2.45) is 5.73 Å². The van der Waals surface area contributed by atoms with Crippen molar-refractivity contribution in [1.82, 2.24) is 4.98 Å². The molecule has 0 fully saturated rings. The molecular formula is C13H12ClN3O3. The second-order valence-corrected chi connectivity index (χ2v) is 4.40. The zero-order chi connectivity index (χ0) is 14.7. The van der Waals surface area contributed by atoms with E-state index in [1.165, 1.54) is 18.5 Å². The van der Waals surface area contributed by atoms with Crippen molar-refractivity contribution in [2.45, 2.75) is 13.3 Å². The summed E-state index contributed by atoms with van der Waals surface area (Å²) in [5.41, 5.74) is 5.94. The second-order valence-electron chi connectivity index (χ2n) is 3.99. The third-order valence-electron chi connectivity index (χ3n) is 2.67. The molecule has 0 bridgehead atoms. The van der Waals surface area contributed by atoms with E-state index >= 15 is 0 Å². The number of aromatic nitrogens is 1. The molecule has 6 nitrogen and oxygen atoms in total. The average Bonchev–Trinajstić information content (AvgIpc) is 2.89. The van der Waals surface area contributed by atoms with Crippen LogP contribution < -0.4 is 11.1 Å². The van der Waals surface area contributed by atoms with Gasteiger partial charge in [-0.05, 0) is 18.2 Å². The van der Waals surface area contributed by atoms with Gasteiger partial charge in [0.15, 0.2) is 12.1 Å². The van der Waals surface area contributed by atoms with Gasteiger partial charge in [0.25, 0.3) is 5.91 Å². The Labute approximate surface area is 119 Å². The molecule has 0 unspecified atom stereocenters. The summed E-state index contributed by atoms with van der Waals surface area (Å²) in [7, 11) is 0. The van der Waals surface area contributed by atoms with Gasteiger partial charge in [0.05, 0.1) is 10.6 Å². The Hall–Kier alpha value is -2.34. The van der Waals surface area contributed by atoms with Gasteiger partial charge in [-0.2, -0.15) is 0 Å². The Bertz CT molecular complexity index is 667. The molecule has 1 aromatic carbocycles. The van der Waals surface area contributed by atoms with E-state index in [-0.39, 0.29) is 16.3 Å². The summed E-state index contributed by atoms with van der Waals surface area (Å²) in [6.07, 6.45) is 1.76. The number of aryl methyl sites for hydroxylation is 1. The standard InChI is InChI=1S/C13H12ClN3O3/c1-2-10-11(16-6-20-10)13(19)17-7-3-4-9(14)8(5-7)12(15)18/h3-6H,2H2,1H3,(H2,15,18)(H,17,19). The van der Waals surface area contributed by atoms with E-state index in [1.807, 2.05) is 6.92 Å². The molecule has 0 saturated heterocycles. The average molecular weight is 294 g/mol. The number of primary amides is 1.